The molecule has 0 aliphatic carbocycles. The molecule has 0 bridgehead atoms. The van der Waals surface area contributed by atoms with Crippen molar-refractivity contribution in [2.75, 3.05) is 26.7 Å². The second-order valence-corrected chi connectivity index (χ2v) is 10.5. The summed E-state index contributed by atoms with van der Waals surface area (Å²) in [4.78, 5) is 19.8. The lowest BCUT2D eigenvalue weighted by molar-refractivity contribution is 0.0588. The van der Waals surface area contributed by atoms with Gasteiger partial charge in [-0.15, -0.1) is 0 Å². The van der Waals surface area contributed by atoms with Gasteiger partial charge in [0.25, 0.3) is 0 Å². The molecule has 0 spiro atoms. The topological polar surface area (TPSA) is 56.6 Å². The van der Waals surface area contributed by atoms with E-state index >= 15 is 0 Å². The number of imidazole rings is 1. The lowest BCUT2D eigenvalue weighted by Crippen LogP contribution is -2.33. The molecule has 3 heterocycles. The first-order valence-electron chi connectivity index (χ1n) is 14.1. The summed E-state index contributed by atoms with van der Waals surface area (Å²) in [6, 6.07) is 27.4. The number of ether oxygens (including phenoxy) is 2. The van der Waals surface area contributed by atoms with Gasteiger partial charge in [0.2, 0.25) is 0 Å². The number of likely N-dealkylation sites (tertiary alicyclic amines) is 1. The molecule has 6 nitrogen and oxygen atoms in total. The van der Waals surface area contributed by atoms with Crippen LogP contribution in [0.25, 0.3) is 5.57 Å². The van der Waals surface area contributed by atoms with Crippen LogP contribution in [-0.4, -0.2) is 47.2 Å². The van der Waals surface area contributed by atoms with Gasteiger partial charge in [-0.3, -0.25) is 0 Å². The summed E-state index contributed by atoms with van der Waals surface area (Å²) >= 11 is 0. The first-order chi connectivity index (χ1) is 19.7. The van der Waals surface area contributed by atoms with Crippen LogP contribution in [0.5, 0.6) is 5.75 Å². The van der Waals surface area contributed by atoms with Gasteiger partial charge in [-0.25, -0.2) is 9.78 Å². The maximum Gasteiger partial charge on any atom is 0.356 e. The minimum absolute atomic E-state index is 0.334. The van der Waals surface area contributed by atoms with Crippen molar-refractivity contribution in [3.8, 4) is 5.75 Å². The summed E-state index contributed by atoms with van der Waals surface area (Å²) in [5.41, 5.74) is 8.21. The van der Waals surface area contributed by atoms with E-state index in [2.05, 4.69) is 65.6 Å². The van der Waals surface area contributed by atoms with E-state index in [4.69, 9.17) is 14.5 Å². The number of nitrogens with zero attached hydrogens (tertiary/aromatic N) is 3. The van der Waals surface area contributed by atoms with Gasteiger partial charge in [-0.2, -0.15) is 0 Å². The Morgan fingerprint density at radius 3 is 2.38 bits per heavy atom. The SMILES string of the molecule is COC(=O)c1cnc2n1CCc1ccccc1C2=C1CCN(CCc2ccc(OCc3ccccc3)cc2)CC1. The molecule has 0 unspecified atom stereocenters. The minimum Gasteiger partial charge on any atom is -0.489 e. The zero-order chi connectivity index (χ0) is 27.3. The van der Waals surface area contributed by atoms with Gasteiger partial charge in [0, 0.05) is 31.8 Å². The zero-order valence-corrected chi connectivity index (χ0v) is 23.0. The lowest BCUT2D eigenvalue weighted by Gasteiger charge is -2.30. The number of carbonyl (C=O) groups is 1. The second-order valence-electron chi connectivity index (χ2n) is 10.5. The van der Waals surface area contributed by atoms with E-state index < -0.39 is 0 Å². The summed E-state index contributed by atoms with van der Waals surface area (Å²) in [6.45, 7) is 4.37. The van der Waals surface area contributed by atoms with Gasteiger partial charge >= 0.3 is 5.97 Å². The number of fused-ring (bicyclic) bond motifs is 2. The molecule has 0 radical (unpaired) electrons. The van der Waals surface area contributed by atoms with E-state index in [1.165, 1.54) is 40.5 Å². The summed E-state index contributed by atoms with van der Waals surface area (Å²) in [5.74, 6) is 1.46. The van der Waals surface area contributed by atoms with Crippen molar-refractivity contribution in [1.29, 1.82) is 0 Å². The Balaban J connectivity index is 1.12. The van der Waals surface area contributed by atoms with Crippen LogP contribution in [0.15, 0.2) is 90.6 Å². The Kier molecular flexibility index (Phi) is 7.78. The molecular formula is C34H35N3O3. The first kappa shape index (κ1) is 26.1. The Bertz CT molecular complexity index is 1500. The highest BCUT2D eigenvalue weighted by molar-refractivity contribution is 5.89. The number of piperidine rings is 1. The van der Waals surface area contributed by atoms with Crippen molar-refractivity contribution in [3.05, 3.63) is 124 Å². The van der Waals surface area contributed by atoms with Crippen LogP contribution in [0.4, 0.5) is 0 Å². The predicted molar refractivity (Wildman–Crippen MR) is 156 cm³/mol. The molecule has 6 rings (SSSR count). The molecule has 0 atom stereocenters. The van der Waals surface area contributed by atoms with Crippen LogP contribution in [-0.2, 0) is 30.7 Å². The largest absolute Gasteiger partial charge is 0.489 e. The highest BCUT2D eigenvalue weighted by atomic mass is 16.5. The fourth-order valence-corrected chi connectivity index (χ4v) is 5.83. The molecule has 2 aliphatic heterocycles. The standard InChI is InChI=1S/C34H35N3O3/c1-39-34(38)31-23-35-33-32(30-10-6-5-9-27(30)18-22-37(31)33)28-16-20-36(21-17-28)19-15-25-11-13-29(14-12-25)40-24-26-7-3-2-4-8-26/h2-14,23H,15-22,24H2,1H3. The van der Waals surface area contributed by atoms with E-state index in [1.807, 2.05) is 22.8 Å². The molecule has 204 valence electrons. The number of aryl methyl sites for hydroxylation is 1. The third kappa shape index (κ3) is 5.58. The van der Waals surface area contributed by atoms with Crippen LogP contribution in [0, 0.1) is 0 Å². The summed E-state index contributed by atoms with van der Waals surface area (Å²) in [7, 11) is 1.43. The summed E-state index contributed by atoms with van der Waals surface area (Å²) in [6.07, 6.45) is 5.54. The molecule has 1 fully saturated rings. The van der Waals surface area contributed by atoms with Crippen molar-refractivity contribution in [1.82, 2.24) is 14.5 Å². The fraction of sp³-hybridized carbons (Fsp3) is 0.294. The van der Waals surface area contributed by atoms with Gasteiger partial charge in [0.1, 0.15) is 23.9 Å². The summed E-state index contributed by atoms with van der Waals surface area (Å²) in [5, 5.41) is 0. The van der Waals surface area contributed by atoms with Gasteiger partial charge in [0.15, 0.2) is 0 Å². The van der Waals surface area contributed by atoms with Gasteiger partial charge in [0.05, 0.1) is 13.3 Å². The molecule has 3 aromatic carbocycles. The van der Waals surface area contributed by atoms with Crippen molar-refractivity contribution >= 4 is 11.5 Å². The molecule has 1 aromatic heterocycles. The lowest BCUT2D eigenvalue weighted by atomic mass is 9.90. The highest BCUT2D eigenvalue weighted by Gasteiger charge is 2.28. The van der Waals surface area contributed by atoms with Crippen molar-refractivity contribution in [3.63, 3.8) is 0 Å². The second kappa shape index (κ2) is 11.9. The van der Waals surface area contributed by atoms with E-state index in [0.717, 1.165) is 63.4 Å². The number of rotatable bonds is 7. The summed E-state index contributed by atoms with van der Waals surface area (Å²) < 4.78 is 13.0. The van der Waals surface area contributed by atoms with Crippen LogP contribution >= 0.6 is 0 Å². The number of aromatic nitrogens is 2. The predicted octanol–water partition coefficient (Wildman–Crippen LogP) is 5.95. The van der Waals surface area contributed by atoms with Crippen LogP contribution in [0.2, 0.25) is 0 Å². The third-order valence-electron chi connectivity index (χ3n) is 8.07. The molecule has 1 saturated heterocycles. The first-order valence-corrected chi connectivity index (χ1v) is 14.1. The Labute approximate surface area is 235 Å². The number of carbonyl (C=O) groups excluding carboxylic acids is 1. The van der Waals surface area contributed by atoms with Crippen LogP contribution in [0.1, 0.15) is 51.4 Å². The van der Waals surface area contributed by atoms with E-state index in [1.54, 1.807) is 6.20 Å². The highest BCUT2D eigenvalue weighted by Crippen LogP contribution is 2.36. The third-order valence-corrected chi connectivity index (χ3v) is 8.07. The number of methoxy groups -OCH3 is 1. The average molecular weight is 534 g/mol. The maximum atomic E-state index is 12.4. The average Bonchev–Trinajstić information content (AvgIpc) is 3.35. The number of esters is 1. The maximum absolute atomic E-state index is 12.4. The van der Waals surface area contributed by atoms with Crippen LogP contribution < -0.4 is 4.74 Å². The molecule has 6 heteroatoms. The normalized spacial score (nSPS) is 15.2. The quantitative estimate of drug-likeness (QED) is 0.275. The van der Waals surface area contributed by atoms with Crippen molar-refractivity contribution < 1.29 is 14.3 Å². The van der Waals surface area contributed by atoms with Gasteiger partial charge in [-0.1, -0.05) is 72.3 Å². The van der Waals surface area contributed by atoms with E-state index in [9.17, 15) is 4.79 Å². The van der Waals surface area contributed by atoms with E-state index in [-0.39, 0.29) is 5.97 Å². The van der Waals surface area contributed by atoms with Gasteiger partial charge < -0.3 is 18.9 Å². The molecule has 0 amide bonds. The van der Waals surface area contributed by atoms with Gasteiger partial charge in [-0.05, 0) is 60.1 Å². The molecule has 40 heavy (non-hydrogen) atoms. The smallest absolute Gasteiger partial charge is 0.356 e. The fourth-order valence-electron chi connectivity index (χ4n) is 5.83. The molecule has 0 N–H and O–H groups in total. The Hall–Kier alpha value is -4.16. The molecule has 0 saturated carbocycles. The Morgan fingerprint density at radius 2 is 1.60 bits per heavy atom. The zero-order valence-electron chi connectivity index (χ0n) is 23.0. The number of hydrogen-bond acceptors (Lipinski definition) is 5. The molecule has 2 aliphatic rings. The monoisotopic (exact) mass is 533 g/mol. The van der Waals surface area contributed by atoms with E-state index in [0.29, 0.717) is 12.3 Å². The number of hydrogen-bond donors (Lipinski definition) is 0. The van der Waals surface area contributed by atoms with Crippen LogP contribution in [0.3, 0.4) is 0 Å². The number of benzene rings is 3. The Morgan fingerprint density at radius 1 is 0.850 bits per heavy atom. The van der Waals surface area contributed by atoms with Crippen molar-refractivity contribution in [2.45, 2.75) is 38.8 Å². The van der Waals surface area contributed by atoms with Crippen molar-refractivity contribution in [2.24, 2.45) is 0 Å². The molecule has 4 aromatic rings. The molecular weight excluding hydrogens is 498 g/mol. The minimum atomic E-state index is -0.334.